The van der Waals surface area contributed by atoms with Gasteiger partial charge in [-0.15, -0.1) is 0 Å². The van der Waals surface area contributed by atoms with E-state index in [1.54, 1.807) is 19.2 Å². The molecule has 3 heterocycles. The van der Waals surface area contributed by atoms with Crippen LogP contribution in [0.2, 0.25) is 0 Å². The van der Waals surface area contributed by atoms with Crippen LogP contribution in [0, 0.1) is 19.7 Å². The molecule has 1 aliphatic rings. The number of hydrogen-bond acceptors (Lipinski definition) is 5. The Bertz CT molecular complexity index is 1530. The van der Waals surface area contributed by atoms with Crippen LogP contribution in [0.25, 0.3) is 21.8 Å². The third kappa shape index (κ3) is 3.51. The molecular weight excluding hydrogens is 435 g/mol. The van der Waals surface area contributed by atoms with E-state index in [1.807, 2.05) is 4.90 Å². The van der Waals surface area contributed by atoms with Crippen molar-refractivity contribution < 1.29 is 14.3 Å². The number of nitrogens with zero attached hydrogens (tertiary/aromatic N) is 3. The number of piperazine rings is 1. The van der Waals surface area contributed by atoms with Crippen molar-refractivity contribution in [2.75, 3.05) is 24.5 Å². The van der Waals surface area contributed by atoms with Crippen LogP contribution < -0.4 is 15.6 Å². The van der Waals surface area contributed by atoms with E-state index in [1.165, 1.54) is 28.1 Å². The van der Waals surface area contributed by atoms with Gasteiger partial charge in [-0.05, 0) is 42.7 Å². The number of aryl methyl sites for hydroxylation is 3. The maximum atomic E-state index is 15.8. The van der Waals surface area contributed by atoms with Crippen LogP contribution in [0.4, 0.5) is 10.1 Å². The minimum absolute atomic E-state index is 0.0538. The number of benzene rings is 2. The number of aromatic carboxylic acids is 1. The van der Waals surface area contributed by atoms with Gasteiger partial charge < -0.3 is 19.9 Å². The van der Waals surface area contributed by atoms with Gasteiger partial charge in [-0.25, -0.2) is 9.18 Å². The Morgan fingerprint density at radius 2 is 2.00 bits per heavy atom. The molecule has 0 amide bonds. The first-order chi connectivity index (χ1) is 16.3. The number of carboxylic acid groups (broad SMARTS) is 1. The van der Waals surface area contributed by atoms with Gasteiger partial charge in [0.2, 0.25) is 5.43 Å². The van der Waals surface area contributed by atoms with Crippen molar-refractivity contribution in [2.24, 2.45) is 7.05 Å². The summed E-state index contributed by atoms with van der Waals surface area (Å²) in [6.07, 6.45) is 2.69. The molecule has 5 rings (SSSR count). The van der Waals surface area contributed by atoms with Crippen molar-refractivity contribution in [2.45, 2.75) is 19.9 Å². The van der Waals surface area contributed by atoms with E-state index in [0.29, 0.717) is 36.2 Å². The average molecular weight is 461 g/mol. The molecule has 2 N–H and O–H groups in total. The number of nitrogens with one attached hydrogen (secondary N) is 1. The van der Waals surface area contributed by atoms with E-state index in [0.717, 1.165) is 5.56 Å². The van der Waals surface area contributed by atoms with E-state index in [2.05, 4.69) is 42.3 Å². The number of aromatic nitrogens is 2. The Labute approximate surface area is 195 Å². The molecule has 0 saturated carbocycles. The summed E-state index contributed by atoms with van der Waals surface area (Å²) in [6.45, 7) is 6.07. The summed E-state index contributed by atoms with van der Waals surface area (Å²) in [6, 6.07) is 9.75. The number of halogens is 1. The van der Waals surface area contributed by atoms with Crippen LogP contribution in [0.1, 0.15) is 33.1 Å². The molecule has 174 valence electrons. The van der Waals surface area contributed by atoms with Crippen LogP contribution in [0.3, 0.4) is 0 Å². The highest BCUT2D eigenvalue weighted by Crippen LogP contribution is 2.32. The molecule has 1 atom stereocenters. The standard InChI is InChI=1S/C26H25FN4O3/c1-14-4-5-16(10-15(14)2)19-13-31(9-8-28-19)20-7-6-17-22-21(11-29-24(17)23(20)27)30(3)12-18(25(22)32)26(33)34/h4-7,10-12,19,28H,8-9,13H2,1-3H3,(H,33,34). The zero-order valence-electron chi connectivity index (χ0n) is 19.2. The number of carboxylic acids is 1. The molecule has 34 heavy (non-hydrogen) atoms. The molecule has 1 aliphatic heterocycles. The number of hydrogen-bond donors (Lipinski definition) is 2. The van der Waals surface area contributed by atoms with E-state index in [-0.39, 0.29) is 22.5 Å². The average Bonchev–Trinajstić information content (AvgIpc) is 2.82. The van der Waals surface area contributed by atoms with Crippen LogP contribution >= 0.6 is 0 Å². The molecule has 2 aromatic heterocycles. The predicted molar refractivity (Wildman–Crippen MR) is 130 cm³/mol. The monoisotopic (exact) mass is 460 g/mol. The number of rotatable bonds is 3. The molecule has 1 saturated heterocycles. The summed E-state index contributed by atoms with van der Waals surface area (Å²) >= 11 is 0. The third-order valence-corrected chi connectivity index (χ3v) is 6.79. The minimum atomic E-state index is -1.32. The van der Waals surface area contributed by atoms with Gasteiger partial charge in [0.15, 0.2) is 5.82 Å². The van der Waals surface area contributed by atoms with E-state index in [4.69, 9.17) is 0 Å². The zero-order chi connectivity index (χ0) is 24.1. The van der Waals surface area contributed by atoms with Gasteiger partial charge in [0.05, 0.1) is 22.8 Å². The highest BCUT2D eigenvalue weighted by molar-refractivity contribution is 6.07. The molecule has 1 unspecified atom stereocenters. The smallest absolute Gasteiger partial charge is 0.341 e. The predicted octanol–water partition coefficient (Wildman–Crippen LogP) is 3.69. The molecule has 8 heteroatoms. The normalized spacial score (nSPS) is 16.4. The Morgan fingerprint density at radius 3 is 2.74 bits per heavy atom. The third-order valence-electron chi connectivity index (χ3n) is 6.79. The summed E-state index contributed by atoms with van der Waals surface area (Å²) in [5, 5.41) is 13.4. The second-order valence-electron chi connectivity index (χ2n) is 8.90. The van der Waals surface area contributed by atoms with Gasteiger partial charge in [0, 0.05) is 44.3 Å². The molecule has 7 nitrogen and oxygen atoms in total. The molecule has 0 spiro atoms. The second kappa shape index (κ2) is 8.22. The molecular formula is C26H25FN4O3. The fourth-order valence-corrected chi connectivity index (χ4v) is 4.74. The summed E-state index contributed by atoms with van der Waals surface area (Å²) in [4.78, 5) is 30.8. The van der Waals surface area contributed by atoms with E-state index in [9.17, 15) is 14.7 Å². The maximum absolute atomic E-state index is 15.8. The quantitative estimate of drug-likeness (QED) is 0.454. The number of anilines is 1. The Hall–Kier alpha value is -3.78. The lowest BCUT2D eigenvalue weighted by atomic mass is 9.99. The van der Waals surface area contributed by atoms with Crippen LogP contribution in [0.15, 0.2) is 47.5 Å². The van der Waals surface area contributed by atoms with Gasteiger partial charge >= 0.3 is 5.97 Å². The first kappa shape index (κ1) is 22.0. The zero-order valence-corrected chi connectivity index (χ0v) is 19.2. The van der Waals surface area contributed by atoms with Gasteiger partial charge in [0.25, 0.3) is 0 Å². The molecule has 0 bridgehead atoms. The summed E-state index contributed by atoms with van der Waals surface area (Å²) in [7, 11) is 1.64. The Balaban J connectivity index is 1.59. The lowest BCUT2D eigenvalue weighted by Gasteiger charge is -2.36. The summed E-state index contributed by atoms with van der Waals surface area (Å²) < 4.78 is 17.3. The highest BCUT2D eigenvalue weighted by Gasteiger charge is 2.25. The SMILES string of the molecule is Cc1ccc(C2CN(c3ccc4c(ncc5c4c(=O)c(C(=O)O)cn5C)c3F)CCN2)cc1C. The molecule has 0 radical (unpaired) electrons. The van der Waals surface area contributed by atoms with Crippen molar-refractivity contribution >= 4 is 33.5 Å². The fraction of sp³-hybridized carbons (Fsp3) is 0.269. The van der Waals surface area contributed by atoms with Gasteiger partial charge in [-0.3, -0.25) is 9.78 Å². The lowest BCUT2D eigenvalue weighted by Crippen LogP contribution is -2.46. The van der Waals surface area contributed by atoms with Crippen LogP contribution in [0.5, 0.6) is 0 Å². The minimum Gasteiger partial charge on any atom is -0.477 e. The van der Waals surface area contributed by atoms with Crippen molar-refractivity contribution in [3.8, 4) is 0 Å². The maximum Gasteiger partial charge on any atom is 0.341 e. The van der Waals surface area contributed by atoms with Crippen molar-refractivity contribution in [3.05, 3.63) is 81.0 Å². The summed E-state index contributed by atoms with van der Waals surface area (Å²) in [5.74, 6) is -1.83. The Morgan fingerprint density at radius 1 is 1.21 bits per heavy atom. The van der Waals surface area contributed by atoms with E-state index < -0.39 is 17.2 Å². The van der Waals surface area contributed by atoms with Gasteiger partial charge in [0.1, 0.15) is 11.1 Å². The van der Waals surface area contributed by atoms with Gasteiger partial charge in [-0.2, -0.15) is 0 Å². The van der Waals surface area contributed by atoms with Crippen molar-refractivity contribution in [1.82, 2.24) is 14.9 Å². The first-order valence-electron chi connectivity index (χ1n) is 11.2. The molecule has 2 aromatic carbocycles. The fourth-order valence-electron chi connectivity index (χ4n) is 4.74. The van der Waals surface area contributed by atoms with Crippen LogP contribution in [-0.4, -0.2) is 40.3 Å². The number of carbonyl (C=O) groups is 1. The Kier molecular flexibility index (Phi) is 5.32. The first-order valence-corrected chi connectivity index (χ1v) is 11.2. The van der Waals surface area contributed by atoms with Crippen molar-refractivity contribution in [3.63, 3.8) is 0 Å². The number of fused-ring (bicyclic) bond motifs is 3. The molecule has 1 fully saturated rings. The number of pyridine rings is 2. The largest absolute Gasteiger partial charge is 0.477 e. The topological polar surface area (TPSA) is 87.5 Å². The highest BCUT2D eigenvalue weighted by atomic mass is 19.1. The summed E-state index contributed by atoms with van der Waals surface area (Å²) in [5.41, 5.74) is 3.53. The molecule has 4 aromatic rings. The van der Waals surface area contributed by atoms with Crippen LogP contribution in [-0.2, 0) is 7.05 Å². The second-order valence-corrected chi connectivity index (χ2v) is 8.90. The van der Waals surface area contributed by atoms with E-state index >= 15 is 4.39 Å². The van der Waals surface area contributed by atoms with Crippen molar-refractivity contribution in [1.29, 1.82) is 0 Å². The lowest BCUT2D eigenvalue weighted by molar-refractivity contribution is 0.0695. The molecule has 0 aliphatic carbocycles. The van der Waals surface area contributed by atoms with Gasteiger partial charge in [-0.1, -0.05) is 18.2 Å².